The number of ketones is 1. The van der Waals surface area contributed by atoms with Crippen molar-refractivity contribution in [3.05, 3.63) is 0 Å². The van der Waals surface area contributed by atoms with Crippen molar-refractivity contribution < 1.29 is 18.4 Å². The monoisotopic (exact) mass is 482 g/mol. The lowest BCUT2D eigenvalue weighted by Gasteiger charge is -2.59. The van der Waals surface area contributed by atoms with E-state index in [9.17, 15) is 4.79 Å². The third-order valence-electron chi connectivity index (χ3n) is 10.4. The van der Waals surface area contributed by atoms with Gasteiger partial charge in [-0.3, -0.25) is 4.79 Å². The van der Waals surface area contributed by atoms with Gasteiger partial charge in [0.15, 0.2) is 28.0 Å². The number of hydrogen-bond donors (Lipinski definition) is 0. The smallest absolute Gasteiger partial charge is 0.192 e. The van der Waals surface area contributed by atoms with Crippen molar-refractivity contribution >= 4 is 22.4 Å². The van der Waals surface area contributed by atoms with Gasteiger partial charge in [-0.25, -0.2) is 0 Å². The van der Waals surface area contributed by atoms with Crippen LogP contribution in [0, 0.1) is 16.7 Å². The minimum absolute atomic E-state index is 0.0619. The summed E-state index contributed by atoms with van der Waals surface area (Å²) >= 11 is 0. The summed E-state index contributed by atoms with van der Waals surface area (Å²) in [5.41, 5.74) is -1.12. The van der Waals surface area contributed by atoms with E-state index in [1.165, 1.54) is 0 Å². The van der Waals surface area contributed by atoms with Crippen LogP contribution in [0.4, 0.5) is 0 Å². The first-order valence-corrected chi connectivity index (χ1v) is 18.5. The summed E-state index contributed by atoms with van der Waals surface area (Å²) in [6, 6.07) is 0. The predicted molar refractivity (Wildman–Crippen MR) is 137 cm³/mol. The summed E-state index contributed by atoms with van der Waals surface area (Å²) in [6.45, 7) is 30.4. The van der Waals surface area contributed by atoms with Crippen LogP contribution in [-0.2, 0) is 18.4 Å². The highest BCUT2D eigenvalue weighted by atomic mass is 28.4. The van der Waals surface area contributed by atoms with Gasteiger partial charge >= 0.3 is 0 Å². The Morgan fingerprint density at radius 1 is 0.969 bits per heavy atom. The predicted octanol–water partition coefficient (Wildman–Crippen LogP) is 6.95. The molecule has 0 amide bonds. The van der Waals surface area contributed by atoms with E-state index in [2.05, 4.69) is 81.6 Å². The van der Waals surface area contributed by atoms with Gasteiger partial charge in [-0.2, -0.15) is 0 Å². The molecule has 1 heterocycles. The fraction of sp³-hybridized carbons (Fsp3) is 0.962. The maximum Gasteiger partial charge on any atom is 0.192 e. The van der Waals surface area contributed by atoms with Crippen LogP contribution in [0.2, 0.25) is 36.3 Å². The third kappa shape index (κ3) is 4.04. The van der Waals surface area contributed by atoms with E-state index in [-0.39, 0.29) is 39.0 Å². The van der Waals surface area contributed by atoms with E-state index >= 15 is 0 Å². The number of fused-ring (bicyclic) bond motifs is 2. The quantitative estimate of drug-likeness (QED) is 0.314. The average Bonchev–Trinajstić information content (AvgIpc) is 3.29. The zero-order valence-corrected chi connectivity index (χ0v) is 25.2. The Labute approximate surface area is 199 Å². The van der Waals surface area contributed by atoms with Gasteiger partial charge in [0.25, 0.3) is 0 Å². The zero-order chi connectivity index (χ0) is 24.8. The van der Waals surface area contributed by atoms with Crippen LogP contribution >= 0.6 is 0 Å². The molecule has 3 fully saturated rings. The minimum Gasteiger partial charge on any atom is -0.416 e. The molecule has 0 aromatic heterocycles. The molecule has 6 atom stereocenters. The molecule has 2 saturated carbocycles. The highest BCUT2D eigenvalue weighted by molar-refractivity contribution is 6.74. The molecule has 1 aliphatic heterocycles. The number of epoxide rings is 1. The van der Waals surface area contributed by atoms with Crippen LogP contribution in [0.3, 0.4) is 0 Å². The Hall–Kier alpha value is -0.0162. The van der Waals surface area contributed by atoms with Crippen molar-refractivity contribution in [2.45, 2.75) is 136 Å². The van der Waals surface area contributed by atoms with Gasteiger partial charge in [0.2, 0.25) is 0 Å². The SMILES string of the molecule is CC1(CO[Si](C)(C)C(C)(C)C)[C@@H](O[Si](C)(C)C(C)(C)C)CC[C@]2(C)C(=O)[C@@]3(C)O[C@H]3C[C@@H]12. The normalized spacial score (nSPS) is 40.7. The summed E-state index contributed by atoms with van der Waals surface area (Å²) in [5.74, 6) is 0.534. The second-order valence-corrected chi connectivity index (χ2v) is 24.3. The second kappa shape index (κ2) is 7.49. The van der Waals surface area contributed by atoms with Gasteiger partial charge in [0.1, 0.15) is 0 Å². The Kier molecular flexibility index (Phi) is 6.22. The van der Waals surface area contributed by atoms with Gasteiger partial charge in [0, 0.05) is 17.4 Å². The summed E-state index contributed by atoms with van der Waals surface area (Å²) in [6.07, 6.45) is 2.92. The minimum atomic E-state index is -1.97. The Morgan fingerprint density at radius 2 is 1.50 bits per heavy atom. The Balaban J connectivity index is 1.99. The molecule has 6 heteroatoms. The van der Waals surface area contributed by atoms with Crippen LogP contribution < -0.4 is 0 Å². The van der Waals surface area contributed by atoms with Gasteiger partial charge < -0.3 is 13.6 Å². The average molecular weight is 483 g/mol. The molecule has 0 radical (unpaired) electrons. The van der Waals surface area contributed by atoms with Gasteiger partial charge in [-0.1, -0.05) is 55.4 Å². The molecule has 1 saturated heterocycles. The Bertz CT molecular complexity index is 765. The zero-order valence-electron chi connectivity index (χ0n) is 23.2. The molecule has 0 N–H and O–H groups in total. The summed E-state index contributed by atoms with van der Waals surface area (Å²) < 4.78 is 20.0. The topological polar surface area (TPSA) is 48.1 Å². The maximum absolute atomic E-state index is 13.7. The van der Waals surface area contributed by atoms with Crippen molar-refractivity contribution in [2.75, 3.05) is 6.61 Å². The molecule has 3 rings (SSSR count). The number of hydrogen-bond acceptors (Lipinski definition) is 4. The summed E-state index contributed by atoms with van der Waals surface area (Å²) in [4.78, 5) is 13.7. The molecule has 186 valence electrons. The number of ether oxygens (including phenoxy) is 1. The van der Waals surface area contributed by atoms with Crippen molar-refractivity contribution in [3.8, 4) is 0 Å². The van der Waals surface area contributed by atoms with Crippen LogP contribution in [0.25, 0.3) is 0 Å². The van der Waals surface area contributed by atoms with E-state index in [0.29, 0.717) is 12.4 Å². The fourth-order valence-electron chi connectivity index (χ4n) is 5.68. The summed E-state index contributed by atoms with van der Waals surface area (Å²) in [5, 5.41) is 0.299. The van der Waals surface area contributed by atoms with E-state index < -0.39 is 22.2 Å². The van der Waals surface area contributed by atoms with Crippen LogP contribution in [0.5, 0.6) is 0 Å². The van der Waals surface area contributed by atoms with Gasteiger partial charge in [0.05, 0.1) is 12.2 Å². The highest BCUT2D eigenvalue weighted by Gasteiger charge is 2.72. The molecule has 32 heavy (non-hydrogen) atoms. The highest BCUT2D eigenvalue weighted by Crippen LogP contribution is 2.64. The van der Waals surface area contributed by atoms with Crippen molar-refractivity contribution in [1.29, 1.82) is 0 Å². The molecule has 0 spiro atoms. The molecule has 0 aromatic carbocycles. The largest absolute Gasteiger partial charge is 0.416 e. The van der Waals surface area contributed by atoms with Gasteiger partial charge in [-0.05, 0) is 68.4 Å². The molecule has 0 bridgehead atoms. The van der Waals surface area contributed by atoms with Gasteiger partial charge in [-0.15, -0.1) is 0 Å². The van der Waals surface area contributed by atoms with E-state index in [1.807, 2.05) is 6.92 Å². The second-order valence-electron chi connectivity index (χ2n) is 14.7. The fourth-order valence-corrected chi connectivity index (χ4v) is 8.23. The first kappa shape index (κ1) is 26.6. The molecule has 1 unspecified atom stereocenters. The molecule has 2 aliphatic carbocycles. The van der Waals surface area contributed by atoms with Crippen LogP contribution in [-0.4, -0.2) is 46.8 Å². The van der Waals surface area contributed by atoms with Crippen LogP contribution in [0.15, 0.2) is 0 Å². The van der Waals surface area contributed by atoms with E-state index in [4.69, 9.17) is 13.6 Å². The molecule has 4 nitrogen and oxygen atoms in total. The first-order chi connectivity index (χ1) is 14.1. The molecule has 0 aromatic rings. The van der Waals surface area contributed by atoms with E-state index in [1.54, 1.807) is 0 Å². The maximum atomic E-state index is 13.7. The number of carbonyl (C=O) groups is 1. The molecule has 3 aliphatic rings. The lowest BCUT2D eigenvalue weighted by Crippen LogP contribution is -2.64. The van der Waals surface area contributed by atoms with Crippen molar-refractivity contribution in [1.82, 2.24) is 0 Å². The standard InChI is InChI=1S/C26H50O4Si2/c1-22(2,3)31(10,11)28-17-25(8)18-16-20-26(9,29-20)21(27)24(18,7)15-14-19(25)30-32(12,13)23(4,5)6/h18-20H,14-17H2,1-13H3/t18-,19+,20+,24+,25?,26+/m1/s1. The number of rotatable bonds is 5. The van der Waals surface area contributed by atoms with Crippen molar-refractivity contribution in [3.63, 3.8) is 0 Å². The van der Waals surface area contributed by atoms with Crippen LogP contribution in [0.1, 0.15) is 81.6 Å². The lowest BCUT2D eigenvalue weighted by atomic mass is 9.48. The van der Waals surface area contributed by atoms with E-state index in [0.717, 1.165) is 19.3 Å². The van der Waals surface area contributed by atoms with Crippen molar-refractivity contribution in [2.24, 2.45) is 16.7 Å². The number of Topliss-reactive ketones (excluding diaryl/α,β-unsaturated/α-hetero) is 1. The molecular formula is C26H50O4Si2. The molecular weight excluding hydrogens is 432 g/mol. The lowest BCUT2D eigenvalue weighted by molar-refractivity contribution is -0.161. The first-order valence-electron chi connectivity index (χ1n) is 12.7. The third-order valence-corrected chi connectivity index (χ3v) is 19.3. The summed E-state index contributed by atoms with van der Waals surface area (Å²) in [7, 11) is -3.91. The Morgan fingerprint density at radius 3 is 2.00 bits per heavy atom. The number of carbonyl (C=O) groups excluding carboxylic acids is 1.